The Kier molecular flexibility index (Phi) is 5.99. The lowest BCUT2D eigenvalue weighted by atomic mass is 10.1. The van der Waals surface area contributed by atoms with Crippen LogP contribution in [0.2, 0.25) is 0 Å². The molecule has 0 saturated carbocycles. The van der Waals surface area contributed by atoms with Crippen LogP contribution in [0.3, 0.4) is 0 Å². The molecule has 1 N–H and O–H groups in total. The van der Waals surface area contributed by atoms with Gasteiger partial charge in [-0.15, -0.1) is 0 Å². The fourth-order valence-corrected chi connectivity index (χ4v) is 2.58. The number of para-hydroxylation sites is 1. The number of halogens is 1. The predicted molar refractivity (Wildman–Crippen MR) is 99.7 cm³/mol. The van der Waals surface area contributed by atoms with E-state index in [2.05, 4.69) is 5.32 Å². The van der Waals surface area contributed by atoms with Gasteiger partial charge >= 0.3 is 0 Å². The molecule has 0 unspecified atom stereocenters. The molecule has 3 aromatic carbocycles. The molecule has 0 bridgehead atoms. The zero-order valence-corrected chi connectivity index (χ0v) is 14.3. The molecule has 0 aromatic heterocycles. The van der Waals surface area contributed by atoms with E-state index < -0.39 is 0 Å². The summed E-state index contributed by atoms with van der Waals surface area (Å²) in [7, 11) is 0. The zero-order chi connectivity index (χ0) is 18.2. The third kappa shape index (κ3) is 4.93. The number of hydrogen-bond donors (Lipinski definition) is 1. The van der Waals surface area contributed by atoms with Gasteiger partial charge in [-0.25, -0.2) is 4.39 Å². The molecule has 1 amide bonds. The number of carbonyl (C=O) groups is 1. The molecule has 0 heterocycles. The Hall–Kier alpha value is -3.14. The molecule has 0 aliphatic rings. The first-order chi connectivity index (χ1) is 12.7. The van der Waals surface area contributed by atoms with Crippen molar-refractivity contribution in [1.82, 2.24) is 5.32 Å². The zero-order valence-electron chi connectivity index (χ0n) is 14.3. The minimum absolute atomic E-state index is 0.171. The van der Waals surface area contributed by atoms with Gasteiger partial charge in [0.15, 0.2) is 0 Å². The molecule has 3 rings (SSSR count). The number of nitrogens with one attached hydrogen (secondary N) is 1. The molecular weight excluding hydrogens is 329 g/mol. The van der Waals surface area contributed by atoms with Crippen molar-refractivity contribution in [2.24, 2.45) is 0 Å². The van der Waals surface area contributed by atoms with Gasteiger partial charge in [-0.2, -0.15) is 0 Å². The molecular formula is C22H20FNO2. The van der Waals surface area contributed by atoms with Crippen molar-refractivity contribution in [3.8, 4) is 5.75 Å². The van der Waals surface area contributed by atoms with Crippen LogP contribution >= 0.6 is 0 Å². The topological polar surface area (TPSA) is 38.3 Å². The van der Waals surface area contributed by atoms with Crippen molar-refractivity contribution in [3.05, 3.63) is 101 Å². The molecule has 0 radical (unpaired) electrons. The Bertz CT molecular complexity index is 848. The van der Waals surface area contributed by atoms with Gasteiger partial charge in [0.1, 0.15) is 18.2 Å². The van der Waals surface area contributed by atoms with Crippen molar-refractivity contribution >= 4 is 5.91 Å². The van der Waals surface area contributed by atoms with Crippen LogP contribution in [0, 0.1) is 5.82 Å². The summed E-state index contributed by atoms with van der Waals surface area (Å²) in [5.74, 6) is 0.0524. The van der Waals surface area contributed by atoms with Crippen LogP contribution in [-0.2, 0) is 13.0 Å². The first-order valence-corrected chi connectivity index (χ1v) is 8.51. The Morgan fingerprint density at radius 3 is 2.31 bits per heavy atom. The second-order valence-corrected chi connectivity index (χ2v) is 5.90. The summed E-state index contributed by atoms with van der Waals surface area (Å²) in [6, 6.07) is 23.2. The summed E-state index contributed by atoms with van der Waals surface area (Å²) < 4.78 is 18.7. The highest BCUT2D eigenvalue weighted by molar-refractivity contribution is 5.96. The lowest BCUT2D eigenvalue weighted by Crippen LogP contribution is -2.26. The van der Waals surface area contributed by atoms with Crippen molar-refractivity contribution in [2.75, 3.05) is 6.54 Å². The van der Waals surface area contributed by atoms with Crippen LogP contribution in [0.1, 0.15) is 21.5 Å². The van der Waals surface area contributed by atoms with Gasteiger partial charge in [-0.1, -0.05) is 54.6 Å². The summed E-state index contributed by atoms with van der Waals surface area (Å²) in [6.07, 6.45) is 0.769. The number of hydrogen-bond acceptors (Lipinski definition) is 2. The smallest absolute Gasteiger partial charge is 0.255 e. The van der Waals surface area contributed by atoms with Gasteiger partial charge in [-0.3, -0.25) is 4.79 Å². The third-order valence-corrected chi connectivity index (χ3v) is 3.98. The maximum atomic E-state index is 13.0. The van der Waals surface area contributed by atoms with Crippen molar-refractivity contribution in [2.45, 2.75) is 13.0 Å². The van der Waals surface area contributed by atoms with Crippen molar-refractivity contribution in [1.29, 1.82) is 0 Å². The summed E-state index contributed by atoms with van der Waals surface area (Å²) in [6.45, 7) is 0.823. The molecule has 3 nitrogen and oxygen atoms in total. The monoisotopic (exact) mass is 349 g/mol. The lowest BCUT2D eigenvalue weighted by Gasteiger charge is -2.12. The molecule has 0 atom stereocenters. The SMILES string of the molecule is O=C(NCCc1ccccc1)c1ccccc1OCc1ccc(F)cc1. The van der Waals surface area contributed by atoms with Gasteiger partial charge in [-0.05, 0) is 41.8 Å². The molecule has 26 heavy (non-hydrogen) atoms. The molecule has 0 aliphatic heterocycles. The molecule has 3 aromatic rings. The fourth-order valence-electron chi connectivity index (χ4n) is 2.58. The number of benzene rings is 3. The van der Waals surface area contributed by atoms with Crippen molar-refractivity contribution in [3.63, 3.8) is 0 Å². The van der Waals surface area contributed by atoms with Crippen LogP contribution in [0.5, 0.6) is 5.75 Å². The Labute approximate surface area is 152 Å². The molecule has 0 saturated heterocycles. The summed E-state index contributed by atoms with van der Waals surface area (Å²) in [4.78, 5) is 12.5. The van der Waals surface area contributed by atoms with Gasteiger partial charge < -0.3 is 10.1 Å². The highest BCUT2D eigenvalue weighted by Gasteiger charge is 2.11. The normalized spacial score (nSPS) is 10.3. The Morgan fingerprint density at radius 1 is 0.846 bits per heavy atom. The molecule has 4 heteroatoms. The van der Waals surface area contributed by atoms with E-state index >= 15 is 0 Å². The molecule has 0 fully saturated rings. The average Bonchev–Trinajstić information content (AvgIpc) is 2.68. The summed E-state index contributed by atoms with van der Waals surface area (Å²) in [5, 5.41) is 2.92. The van der Waals surface area contributed by atoms with Gasteiger partial charge in [0, 0.05) is 6.54 Å². The number of rotatable bonds is 7. The van der Waals surface area contributed by atoms with E-state index in [1.165, 1.54) is 17.7 Å². The largest absolute Gasteiger partial charge is 0.488 e. The number of carbonyl (C=O) groups excluding carboxylic acids is 1. The van der Waals surface area contributed by atoms with Crippen LogP contribution < -0.4 is 10.1 Å². The van der Waals surface area contributed by atoms with E-state index in [0.29, 0.717) is 17.9 Å². The van der Waals surface area contributed by atoms with E-state index in [0.717, 1.165) is 12.0 Å². The standard InChI is InChI=1S/C22H20FNO2/c23-19-12-10-18(11-13-19)16-26-21-9-5-4-8-20(21)22(25)24-15-14-17-6-2-1-3-7-17/h1-13H,14-16H2,(H,24,25). The maximum Gasteiger partial charge on any atom is 0.255 e. The second-order valence-electron chi connectivity index (χ2n) is 5.90. The highest BCUT2D eigenvalue weighted by atomic mass is 19.1. The first-order valence-electron chi connectivity index (χ1n) is 8.51. The van der Waals surface area contributed by atoms with Crippen LogP contribution in [-0.4, -0.2) is 12.5 Å². The van der Waals surface area contributed by atoms with Gasteiger partial charge in [0.2, 0.25) is 0 Å². The highest BCUT2D eigenvalue weighted by Crippen LogP contribution is 2.19. The van der Waals surface area contributed by atoms with Gasteiger partial charge in [0.25, 0.3) is 5.91 Å². The fraction of sp³-hybridized carbons (Fsp3) is 0.136. The van der Waals surface area contributed by atoms with E-state index in [-0.39, 0.29) is 18.3 Å². The minimum Gasteiger partial charge on any atom is -0.488 e. The van der Waals surface area contributed by atoms with E-state index in [1.807, 2.05) is 36.4 Å². The van der Waals surface area contributed by atoms with E-state index in [4.69, 9.17) is 4.74 Å². The maximum absolute atomic E-state index is 13.0. The van der Waals surface area contributed by atoms with E-state index in [1.54, 1.807) is 30.3 Å². The Balaban J connectivity index is 1.58. The molecule has 0 spiro atoms. The van der Waals surface area contributed by atoms with Crippen LogP contribution in [0.25, 0.3) is 0 Å². The van der Waals surface area contributed by atoms with Crippen LogP contribution in [0.4, 0.5) is 4.39 Å². The minimum atomic E-state index is -0.285. The first kappa shape index (κ1) is 17.7. The molecule has 0 aliphatic carbocycles. The number of ether oxygens (including phenoxy) is 1. The summed E-state index contributed by atoms with van der Waals surface area (Å²) >= 11 is 0. The van der Waals surface area contributed by atoms with Gasteiger partial charge in [0.05, 0.1) is 5.56 Å². The average molecular weight is 349 g/mol. The lowest BCUT2D eigenvalue weighted by molar-refractivity contribution is 0.0949. The summed E-state index contributed by atoms with van der Waals surface area (Å²) in [5.41, 5.74) is 2.50. The third-order valence-electron chi connectivity index (χ3n) is 3.98. The predicted octanol–water partition coefficient (Wildman–Crippen LogP) is 4.38. The second kappa shape index (κ2) is 8.81. The van der Waals surface area contributed by atoms with E-state index in [9.17, 15) is 9.18 Å². The number of amides is 1. The molecule has 132 valence electrons. The Morgan fingerprint density at radius 2 is 1.54 bits per heavy atom. The quantitative estimate of drug-likeness (QED) is 0.687. The van der Waals surface area contributed by atoms with Crippen molar-refractivity contribution < 1.29 is 13.9 Å². The van der Waals surface area contributed by atoms with Crippen LogP contribution in [0.15, 0.2) is 78.9 Å².